The first-order chi connectivity index (χ1) is 10.1. The Hall–Kier alpha value is -0.550. The summed E-state index contributed by atoms with van der Waals surface area (Å²) in [5.74, 6) is -0.0620. The highest BCUT2D eigenvalue weighted by Gasteiger charge is 2.27. The molecule has 0 aliphatic rings. The number of unbranched alkanes of at least 4 members (excludes halogenated alkanes) is 3. The molecule has 124 valence electrons. The molecule has 0 rings (SSSR count). The van der Waals surface area contributed by atoms with Gasteiger partial charge in [-0.3, -0.25) is 9.59 Å². The highest BCUT2D eigenvalue weighted by Crippen LogP contribution is 2.23. The fraction of sp³-hybridized carbons (Fsp3) is 0.875. The van der Waals surface area contributed by atoms with Gasteiger partial charge in [0.2, 0.25) is 0 Å². The topological polar surface area (TPSA) is 63.6 Å². The number of rotatable bonds is 12. The van der Waals surface area contributed by atoms with Gasteiger partial charge in [0.1, 0.15) is 0 Å². The van der Waals surface area contributed by atoms with Crippen LogP contribution in [0.5, 0.6) is 0 Å². The summed E-state index contributed by atoms with van der Waals surface area (Å²) >= 11 is 1.23. The summed E-state index contributed by atoms with van der Waals surface area (Å²) < 4.78 is 4.89. The van der Waals surface area contributed by atoms with Crippen LogP contribution in [0.25, 0.3) is 0 Å². The van der Waals surface area contributed by atoms with Crippen molar-refractivity contribution in [2.75, 3.05) is 12.4 Å². The van der Waals surface area contributed by atoms with Crippen LogP contribution in [0, 0.1) is 5.92 Å². The SMILES string of the molecule is CCCCCC[C@@H](O)[C@@H](CCC(=O)OCC)C(=O)SCC. The molecule has 0 aliphatic carbocycles. The smallest absolute Gasteiger partial charge is 0.305 e. The van der Waals surface area contributed by atoms with Crippen molar-refractivity contribution in [1.29, 1.82) is 0 Å². The van der Waals surface area contributed by atoms with Crippen molar-refractivity contribution in [3.05, 3.63) is 0 Å². The van der Waals surface area contributed by atoms with Crippen LogP contribution in [0.2, 0.25) is 0 Å². The van der Waals surface area contributed by atoms with Gasteiger partial charge in [-0.1, -0.05) is 51.3 Å². The van der Waals surface area contributed by atoms with E-state index in [0.29, 0.717) is 25.2 Å². The van der Waals surface area contributed by atoms with Crippen LogP contribution in [0.4, 0.5) is 0 Å². The van der Waals surface area contributed by atoms with Crippen LogP contribution in [-0.4, -0.2) is 34.7 Å². The molecule has 0 amide bonds. The first-order valence-electron chi connectivity index (χ1n) is 8.07. The Morgan fingerprint density at radius 2 is 1.81 bits per heavy atom. The van der Waals surface area contributed by atoms with E-state index in [2.05, 4.69) is 6.92 Å². The molecule has 2 atom stereocenters. The lowest BCUT2D eigenvalue weighted by atomic mass is 9.94. The van der Waals surface area contributed by atoms with Crippen molar-refractivity contribution in [1.82, 2.24) is 0 Å². The van der Waals surface area contributed by atoms with Crippen molar-refractivity contribution in [3.8, 4) is 0 Å². The summed E-state index contributed by atoms with van der Waals surface area (Å²) in [7, 11) is 0. The minimum atomic E-state index is -0.650. The minimum Gasteiger partial charge on any atom is -0.466 e. The van der Waals surface area contributed by atoms with E-state index in [1.807, 2.05) is 6.92 Å². The Balaban J connectivity index is 4.36. The van der Waals surface area contributed by atoms with E-state index in [1.165, 1.54) is 11.8 Å². The lowest BCUT2D eigenvalue weighted by Gasteiger charge is -2.21. The standard InChI is InChI=1S/C16H30O4S/c1-4-7-8-9-10-14(17)13(16(19)21-6-3)11-12-15(18)20-5-2/h13-14,17H,4-12H2,1-3H3/t13-,14-/m1/s1. The molecule has 0 aromatic heterocycles. The second-order valence-corrected chi connectivity index (χ2v) is 6.39. The molecule has 5 heteroatoms. The van der Waals surface area contributed by atoms with Gasteiger partial charge in [0.15, 0.2) is 5.12 Å². The Morgan fingerprint density at radius 1 is 1.10 bits per heavy atom. The van der Waals surface area contributed by atoms with Gasteiger partial charge in [0.05, 0.1) is 18.6 Å². The van der Waals surface area contributed by atoms with E-state index in [1.54, 1.807) is 6.92 Å². The van der Waals surface area contributed by atoms with Crippen molar-refractivity contribution < 1.29 is 19.4 Å². The van der Waals surface area contributed by atoms with Crippen molar-refractivity contribution in [2.24, 2.45) is 5.92 Å². The largest absolute Gasteiger partial charge is 0.466 e. The van der Waals surface area contributed by atoms with Crippen molar-refractivity contribution in [3.63, 3.8) is 0 Å². The molecule has 0 bridgehead atoms. The number of aliphatic hydroxyl groups is 1. The molecule has 0 aliphatic heterocycles. The first kappa shape index (κ1) is 20.5. The van der Waals surface area contributed by atoms with Crippen LogP contribution >= 0.6 is 11.8 Å². The lowest BCUT2D eigenvalue weighted by molar-refractivity contribution is -0.143. The van der Waals surface area contributed by atoms with E-state index >= 15 is 0 Å². The molecule has 1 N–H and O–H groups in total. The van der Waals surface area contributed by atoms with Crippen LogP contribution in [0.1, 0.15) is 65.7 Å². The molecule has 0 aromatic rings. The summed E-state index contributed by atoms with van der Waals surface area (Å²) in [6.07, 6.45) is 4.85. The number of carbonyl (C=O) groups is 2. The van der Waals surface area contributed by atoms with Gasteiger partial charge in [0.25, 0.3) is 0 Å². The first-order valence-corrected chi connectivity index (χ1v) is 9.05. The molecule has 0 radical (unpaired) electrons. The van der Waals surface area contributed by atoms with Gasteiger partial charge < -0.3 is 9.84 Å². The Morgan fingerprint density at radius 3 is 2.38 bits per heavy atom. The Kier molecular flexibility index (Phi) is 12.8. The van der Waals surface area contributed by atoms with Crippen LogP contribution in [0.15, 0.2) is 0 Å². The number of aliphatic hydroxyl groups excluding tert-OH is 1. The molecule has 0 heterocycles. The number of thioether (sulfide) groups is 1. The van der Waals surface area contributed by atoms with Gasteiger partial charge in [-0.25, -0.2) is 0 Å². The fourth-order valence-electron chi connectivity index (χ4n) is 2.20. The third kappa shape index (κ3) is 9.91. The van der Waals surface area contributed by atoms with E-state index < -0.39 is 12.0 Å². The highest BCUT2D eigenvalue weighted by molar-refractivity contribution is 8.13. The van der Waals surface area contributed by atoms with E-state index in [4.69, 9.17) is 4.74 Å². The summed E-state index contributed by atoms with van der Waals surface area (Å²) in [6.45, 7) is 6.16. The number of hydrogen-bond acceptors (Lipinski definition) is 5. The van der Waals surface area contributed by atoms with Gasteiger partial charge >= 0.3 is 5.97 Å². The van der Waals surface area contributed by atoms with Gasteiger partial charge in [-0.05, 0) is 25.5 Å². The molecule has 0 spiro atoms. The molecular weight excluding hydrogens is 288 g/mol. The summed E-state index contributed by atoms with van der Waals surface area (Å²) in [6, 6.07) is 0. The number of carbonyl (C=O) groups excluding carboxylic acids is 2. The molecule has 0 saturated carbocycles. The average molecular weight is 318 g/mol. The zero-order valence-electron chi connectivity index (χ0n) is 13.6. The molecule has 4 nitrogen and oxygen atoms in total. The van der Waals surface area contributed by atoms with E-state index in [-0.39, 0.29) is 17.5 Å². The molecule has 0 saturated heterocycles. The third-order valence-electron chi connectivity index (χ3n) is 3.37. The van der Waals surface area contributed by atoms with Crippen LogP contribution < -0.4 is 0 Å². The molecule has 0 fully saturated rings. The maximum atomic E-state index is 12.1. The summed E-state index contributed by atoms with van der Waals surface area (Å²) in [4.78, 5) is 23.5. The molecule has 21 heavy (non-hydrogen) atoms. The van der Waals surface area contributed by atoms with Gasteiger partial charge in [0, 0.05) is 6.42 Å². The second kappa shape index (κ2) is 13.1. The summed E-state index contributed by atoms with van der Waals surface area (Å²) in [5, 5.41) is 10.3. The zero-order chi connectivity index (χ0) is 16.1. The third-order valence-corrected chi connectivity index (χ3v) is 4.25. The molecular formula is C16H30O4S. The number of esters is 1. The summed E-state index contributed by atoms with van der Waals surface area (Å²) in [5.41, 5.74) is 0. The molecule has 0 aromatic carbocycles. The minimum absolute atomic E-state index is 0.00945. The van der Waals surface area contributed by atoms with Crippen molar-refractivity contribution in [2.45, 2.75) is 71.8 Å². The second-order valence-electron chi connectivity index (χ2n) is 5.12. The lowest BCUT2D eigenvalue weighted by Crippen LogP contribution is -2.28. The van der Waals surface area contributed by atoms with E-state index in [9.17, 15) is 14.7 Å². The van der Waals surface area contributed by atoms with Crippen molar-refractivity contribution >= 4 is 22.8 Å². The van der Waals surface area contributed by atoms with Crippen LogP contribution in [-0.2, 0) is 14.3 Å². The Bertz CT molecular complexity index is 294. The monoisotopic (exact) mass is 318 g/mol. The highest BCUT2D eigenvalue weighted by atomic mass is 32.2. The quantitative estimate of drug-likeness (QED) is 0.440. The van der Waals surface area contributed by atoms with E-state index in [0.717, 1.165) is 25.7 Å². The van der Waals surface area contributed by atoms with Gasteiger partial charge in [-0.2, -0.15) is 0 Å². The maximum absolute atomic E-state index is 12.1. The predicted octanol–water partition coefficient (Wildman–Crippen LogP) is 3.56. The fourth-order valence-corrected chi connectivity index (χ4v) is 2.98. The normalized spacial score (nSPS) is 13.7. The van der Waals surface area contributed by atoms with Gasteiger partial charge in [-0.15, -0.1) is 0 Å². The zero-order valence-corrected chi connectivity index (χ0v) is 14.4. The number of ether oxygens (including phenoxy) is 1. The predicted molar refractivity (Wildman–Crippen MR) is 87.3 cm³/mol. The number of hydrogen-bond donors (Lipinski definition) is 1. The maximum Gasteiger partial charge on any atom is 0.305 e. The average Bonchev–Trinajstić information content (AvgIpc) is 2.44. The Labute approximate surface area is 133 Å². The molecule has 0 unspecified atom stereocenters. The van der Waals surface area contributed by atoms with Crippen LogP contribution in [0.3, 0.4) is 0 Å².